The second-order valence-corrected chi connectivity index (χ2v) is 9.64. The average molecular weight is 505 g/mol. The van der Waals surface area contributed by atoms with Crippen LogP contribution < -0.4 is 0 Å². The van der Waals surface area contributed by atoms with Crippen molar-refractivity contribution in [2.45, 2.75) is 26.3 Å². The lowest BCUT2D eigenvalue weighted by Crippen LogP contribution is -2.14. The van der Waals surface area contributed by atoms with Gasteiger partial charge in [-0.2, -0.15) is 0 Å². The van der Waals surface area contributed by atoms with E-state index in [1.807, 2.05) is 0 Å². The SMILES string of the molecule is [C-]#[N+]C(CC)C(=O)c1ccc(C(=O)CN=C(C)c2csc(-c3ccc(Cl)c(Cl)c3)c2O)s1. The highest BCUT2D eigenvalue weighted by atomic mass is 35.5. The van der Waals surface area contributed by atoms with Gasteiger partial charge in [0.05, 0.1) is 24.7 Å². The number of thiophene rings is 2. The van der Waals surface area contributed by atoms with Gasteiger partial charge >= 0.3 is 0 Å². The third-order valence-corrected chi connectivity index (χ3v) is 7.66. The summed E-state index contributed by atoms with van der Waals surface area (Å²) in [5, 5.41) is 13.3. The van der Waals surface area contributed by atoms with Crippen molar-refractivity contribution in [2.75, 3.05) is 6.54 Å². The lowest BCUT2D eigenvalue weighted by atomic mass is 10.1. The Kier molecular flexibility index (Phi) is 7.86. The predicted octanol–water partition coefficient (Wildman–Crippen LogP) is 7.06. The summed E-state index contributed by atoms with van der Waals surface area (Å²) in [7, 11) is 0. The van der Waals surface area contributed by atoms with Gasteiger partial charge in [0.1, 0.15) is 12.3 Å². The van der Waals surface area contributed by atoms with Gasteiger partial charge in [-0.25, -0.2) is 6.57 Å². The zero-order valence-electron chi connectivity index (χ0n) is 17.2. The first-order chi connectivity index (χ1) is 15.3. The summed E-state index contributed by atoms with van der Waals surface area (Å²) in [6.45, 7) is 10.5. The Labute approximate surface area is 203 Å². The van der Waals surface area contributed by atoms with Crippen LogP contribution in [-0.2, 0) is 0 Å². The van der Waals surface area contributed by atoms with Crippen molar-refractivity contribution in [1.29, 1.82) is 0 Å². The number of benzene rings is 1. The van der Waals surface area contributed by atoms with Crippen LogP contribution in [0.25, 0.3) is 15.3 Å². The van der Waals surface area contributed by atoms with Crippen molar-refractivity contribution in [3.8, 4) is 16.2 Å². The molecule has 0 saturated heterocycles. The monoisotopic (exact) mass is 504 g/mol. The van der Waals surface area contributed by atoms with E-state index in [4.69, 9.17) is 29.8 Å². The molecule has 9 heteroatoms. The van der Waals surface area contributed by atoms with E-state index in [1.54, 1.807) is 49.6 Å². The molecule has 0 aliphatic heterocycles. The summed E-state index contributed by atoms with van der Waals surface area (Å²) < 4.78 is 0. The fraction of sp³-hybridized carbons (Fsp3) is 0.217. The summed E-state index contributed by atoms with van der Waals surface area (Å²) in [6, 6.07) is 7.57. The highest BCUT2D eigenvalue weighted by molar-refractivity contribution is 7.16. The number of Topliss-reactive ketones (excluding diaryl/α,β-unsaturated/α-hetero) is 2. The molecule has 2 aromatic heterocycles. The minimum absolute atomic E-state index is 0.0656. The smallest absolute Gasteiger partial charge is 0.286 e. The number of halogens is 2. The molecule has 0 amide bonds. The summed E-state index contributed by atoms with van der Waals surface area (Å²) >= 11 is 14.5. The number of ketones is 2. The van der Waals surface area contributed by atoms with Crippen molar-refractivity contribution < 1.29 is 14.7 Å². The number of hydrogen-bond donors (Lipinski definition) is 1. The number of aliphatic imine (C=N–C) groups is 1. The largest absolute Gasteiger partial charge is 0.506 e. The topological polar surface area (TPSA) is 71.1 Å². The normalized spacial score (nSPS) is 12.4. The molecule has 32 heavy (non-hydrogen) atoms. The van der Waals surface area contributed by atoms with Crippen molar-refractivity contribution >= 4 is 63.2 Å². The number of carbonyl (C=O) groups is 2. The first-order valence-electron chi connectivity index (χ1n) is 9.57. The Morgan fingerprint density at radius 1 is 1.19 bits per heavy atom. The second-order valence-electron chi connectivity index (χ2n) is 6.86. The molecule has 2 heterocycles. The van der Waals surface area contributed by atoms with Crippen molar-refractivity contribution in [1.82, 2.24) is 0 Å². The molecule has 1 atom stereocenters. The number of rotatable bonds is 8. The van der Waals surface area contributed by atoms with Gasteiger partial charge in [-0.15, -0.1) is 22.7 Å². The fourth-order valence-corrected chi connectivity index (χ4v) is 5.15. The van der Waals surface area contributed by atoms with E-state index in [0.29, 0.717) is 42.4 Å². The van der Waals surface area contributed by atoms with Crippen LogP contribution in [0.3, 0.4) is 0 Å². The van der Waals surface area contributed by atoms with Gasteiger partial charge in [0.25, 0.3) is 11.8 Å². The first-order valence-corrected chi connectivity index (χ1v) is 12.0. The Hall–Kier alpha value is -2.50. The molecular weight excluding hydrogens is 487 g/mol. The third kappa shape index (κ3) is 5.11. The van der Waals surface area contributed by atoms with Crippen LogP contribution >= 0.6 is 45.9 Å². The Bertz CT molecular complexity index is 1250. The second kappa shape index (κ2) is 10.4. The molecular formula is C23H18Cl2N2O3S2. The molecule has 1 N–H and O–H groups in total. The summed E-state index contributed by atoms with van der Waals surface area (Å²) in [5.74, 6) is -0.427. The minimum Gasteiger partial charge on any atom is -0.506 e. The molecule has 0 aliphatic rings. The maximum atomic E-state index is 12.6. The maximum absolute atomic E-state index is 12.6. The lowest BCUT2D eigenvalue weighted by molar-refractivity contribution is 0.0976. The molecule has 0 spiro atoms. The molecule has 164 valence electrons. The Morgan fingerprint density at radius 2 is 1.91 bits per heavy atom. The standard InChI is InChI=1S/C23H18Cl2N2O3S2/c1-4-17(26-3)22(30)20-8-7-19(32-20)18(28)10-27-12(2)14-11-31-23(21(14)29)13-5-6-15(24)16(25)9-13/h5-9,11,17,29H,4,10H2,1-2H3. The van der Waals surface area contributed by atoms with Gasteiger partial charge in [0, 0.05) is 23.1 Å². The highest BCUT2D eigenvalue weighted by Crippen LogP contribution is 2.40. The fourth-order valence-electron chi connectivity index (χ4n) is 2.92. The van der Waals surface area contributed by atoms with Gasteiger partial charge in [0.2, 0.25) is 0 Å². The van der Waals surface area contributed by atoms with E-state index in [2.05, 4.69) is 9.84 Å². The lowest BCUT2D eigenvalue weighted by Gasteiger charge is -2.03. The average Bonchev–Trinajstić information content (AvgIpc) is 3.42. The van der Waals surface area contributed by atoms with E-state index in [9.17, 15) is 14.7 Å². The van der Waals surface area contributed by atoms with Crippen molar-refractivity contribution in [3.63, 3.8) is 0 Å². The third-order valence-electron chi connectivity index (χ3n) is 4.77. The van der Waals surface area contributed by atoms with E-state index in [-0.39, 0.29) is 23.9 Å². The molecule has 3 aromatic rings. The van der Waals surface area contributed by atoms with Crippen molar-refractivity contribution in [2.24, 2.45) is 4.99 Å². The molecule has 0 radical (unpaired) electrons. The number of aromatic hydroxyl groups is 1. The quantitative estimate of drug-likeness (QED) is 0.202. The molecule has 0 fully saturated rings. The minimum atomic E-state index is -0.719. The molecule has 0 saturated carbocycles. The zero-order chi connectivity index (χ0) is 23.4. The van der Waals surface area contributed by atoms with Crippen LogP contribution in [-0.4, -0.2) is 35.0 Å². The molecule has 1 unspecified atom stereocenters. The number of carbonyl (C=O) groups excluding carboxylic acids is 2. The molecule has 5 nitrogen and oxygen atoms in total. The van der Waals surface area contributed by atoms with Gasteiger partial charge in [0.15, 0.2) is 5.78 Å². The molecule has 1 aromatic carbocycles. The molecule has 0 bridgehead atoms. The van der Waals surface area contributed by atoms with Crippen LogP contribution in [0.5, 0.6) is 5.75 Å². The van der Waals surface area contributed by atoms with Crippen LogP contribution in [0.15, 0.2) is 40.7 Å². The predicted molar refractivity (Wildman–Crippen MR) is 132 cm³/mol. The van der Waals surface area contributed by atoms with Gasteiger partial charge < -0.3 is 9.95 Å². The van der Waals surface area contributed by atoms with E-state index in [0.717, 1.165) is 16.9 Å². The summed E-state index contributed by atoms with van der Waals surface area (Å²) in [6.07, 6.45) is 0.432. The Balaban J connectivity index is 1.75. The van der Waals surface area contributed by atoms with Crippen LogP contribution in [0.4, 0.5) is 0 Å². The van der Waals surface area contributed by atoms with E-state index >= 15 is 0 Å². The van der Waals surface area contributed by atoms with Crippen LogP contribution in [0, 0.1) is 6.57 Å². The Morgan fingerprint density at radius 3 is 2.56 bits per heavy atom. The molecule has 3 rings (SSSR count). The van der Waals surface area contributed by atoms with Crippen LogP contribution in [0.2, 0.25) is 10.0 Å². The summed E-state index contributed by atoms with van der Waals surface area (Å²) in [5.41, 5.74) is 1.79. The van der Waals surface area contributed by atoms with Gasteiger partial charge in [-0.3, -0.25) is 14.6 Å². The first kappa shape index (κ1) is 24.1. The van der Waals surface area contributed by atoms with Crippen LogP contribution in [0.1, 0.15) is 45.2 Å². The van der Waals surface area contributed by atoms with Crippen molar-refractivity contribution in [3.05, 3.63) is 72.5 Å². The maximum Gasteiger partial charge on any atom is 0.286 e. The zero-order valence-corrected chi connectivity index (χ0v) is 20.3. The number of hydrogen-bond acceptors (Lipinski definition) is 6. The van der Waals surface area contributed by atoms with Gasteiger partial charge in [-0.1, -0.05) is 36.2 Å². The molecule has 0 aliphatic carbocycles. The van der Waals surface area contributed by atoms with Gasteiger partial charge in [-0.05, 0) is 36.8 Å². The summed E-state index contributed by atoms with van der Waals surface area (Å²) in [4.78, 5) is 34.0. The highest BCUT2D eigenvalue weighted by Gasteiger charge is 2.25. The van der Waals surface area contributed by atoms with E-state index in [1.165, 1.54) is 11.3 Å². The van der Waals surface area contributed by atoms with E-state index < -0.39 is 6.04 Å². The number of nitrogens with zero attached hydrogens (tertiary/aromatic N) is 2.